The van der Waals surface area contributed by atoms with E-state index < -0.39 is 0 Å². The molecule has 0 fully saturated rings. The van der Waals surface area contributed by atoms with Gasteiger partial charge in [-0.15, -0.1) is 0 Å². The van der Waals surface area contributed by atoms with E-state index in [4.69, 9.17) is 4.42 Å². The summed E-state index contributed by atoms with van der Waals surface area (Å²) in [5.41, 5.74) is 5.76. The normalized spacial score (nSPS) is 12.8. The summed E-state index contributed by atoms with van der Waals surface area (Å²) < 4.78 is 8.66. The number of fused-ring (bicyclic) bond motifs is 7. The Morgan fingerprint density at radius 2 is 1.52 bits per heavy atom. The van der Waals surface area contributed by atoms with Crippen LogP contribution in [-0.4, -0.2) is 4.57 Å². The maximum Gasteiger partial charge on any atom is 0.159 e. The molecule has 0 amide bonds. The predicted octanol–water partition coefficient (Wildman–Crippen LogP) is 6.53. The molecule has 0 aliphatic heterocycles. The molecule has 2 nitrogen and oxygen atoms in total. The fourth-order valence-corrected chi connectivity index (χ4v) is 4.13. The summed E-state index contributed by atoms with van der Waals surface area (Å²) >= 11 is 0. The van der Waals surface area contributed by atoms with E-state index >= 15 is 0 Å². The van der Waals surface area contributed by atoms with E-state index in [1.165, 1.54) is 38.1 Å². The highest BCUT2D eigenvalue weighted by Gasteiger charge is 2.25. The van der Waals surface area contributed by atoms with E-state index in [0.29, 0.717) is 0 Å². The van der Waals surface area contributed by atoms with Crippen molar-refractivity contribution >= 4 is 43.7 Å². The van der Waals surface area contributed by atoms with Crippen molar-refractivity contribution in [2.24, 2.45) is 7.05 Å². The Labute approximate surface area is 146 Å². The van der Waals surface area contributed by atoms with E-state index in [2.05, 4.69) is 80.9 Å². The first-order valence-electron chi connectivity index (χ1n) is 8.78. The molecule has 124 valence electrons. The Morgan fingerprint density at radius 1 is 0.840 bits per heavy atom. The number of hydrogen-bond acceptors (Lipinski definition) is 1. The number of hydrogen-bond donors (Lipinski definition) is 0. The minimum atomic E-state index is 0.0377. The Balaban J connectivity index is 2.16. The summed E-state index contributed by atoms with van der Waals surface area (Å²) in [4.78, 5) is 0. The van der Waals surface area contributed by atoms with E-state index in [9.17, 15) is 0 Å². The first-order valence-corrected chi connectivity index (χ1v) is 8.78. The molecule has 3 aromatic carbocycles. The maximum atomic E-state index is 6.39. The van der Waals surface area contributed by atoms with Crippen molar-refractivity contribution in [2.45, 2.75) is 26.2 Å². The SMILES string of the molecule is Cn1c2ccccc2c2cc(C(C)(C)C)c3c4ccccc4oc3c21. The lowest BCUT2D eigenvalue weighted by Crippen LogP contribution is -2.11. The molecule has 2 aromatic heterocycles. The van der Waals surface area contributed by atoms with Crippen LogP contribution in [0.15, 0.2) is 59.0 Å². The largest absolute Gasteiger partial charge is 0.454 e. The van der Waals surface area contributed by atoms with Gasteiger partial charge in [0.05, 0.1) is 5.52 Å². The smallest absolute Gasteiger partial charge is 0.159 e. The van der Waals surface area contributed by atoms with Gasteiger partial charge < -0.3 is 8.98 Å². The van der Waals surface area contributed by atoms with Crippen LogP contribution in [0.3, 0.4) is 0 Å². The summed E-state index contributed by atoms with van der Waals surface area (Å²) in [6.45, 7) is 6.83. The van der Waals surface area contributed by atoms with Crippen LogP contribution < -0.4 is 0 Å². The summed E-state index contributed by atoms with van der Waals surface area (Å²) in [5, 5.41) is 5.01. The minimum absolute atomic E-state index is 0.0377. The van der Waals surface area contributed by atoms with Crippen molar-refractivity contribution in [3.63, 3.8) is 0 Å². The van der Waals surface area contributed by atoms with Crippen LogP contribution in [0.4, 0.5) is 0 Å². The van der Waals surface area contributed by atoms with Crippen LogP contribution in [0.5, 0.6) is 0 Å². The van der Waals surface area contributed by atoms with Crippen LogP contribution in [0.2, 0.25) is 0 Å². The van der Waals surface area contributed by atoms with Gasteiger partial charge in [-0.1, -0.05) is 57.2 Å². The number of furan rings is 1. The molecule has 0 saturated heterocycles. The van der Waals surface area contributed by atoms with Gasteiger partial charge in [-0.2, -0.15) is 0 Å². The first kappa shape index (κ1) is 14.6. The fourth-order valence-electron chi connectivity index (χ4n) is 4.13. The second kappa shape index (κ2) is 4.66. The molecule has 0 atom stereocenters. The summed E-state index contributed by atoms with van der Waals surface area (Å²) in [5.74, 6) is 0. The Kier molecular flexibility index (Phi) is 2.72. The molecule has 5 aromatic rings. The van der Waals surface area contributed by atoms with Crippen LogP contribution in [-0.2, 0) is 12.5 Å². The number of aryl methyl sites for hydroxylation is 1. The molecular weight excluding hydrogens is 306 g/mol. The highest BCUT2D eigenvalue weighted by atomic mass is 16.3. The van der Waals surface area contributed by atoms with E-state index in [1.54, 1.807) is 0 Å². The third-order valence-electron chi connectivity index (χ3n) is 5.32. The molecule has 2 heteroatoms. The molecule has 0 saturated carbocycles. The van der Waals surface area contributed by atoms with E-state index in [-0.39, 0.29) is 5.41 Å². The first-order chi connectivity index (χ1) is 12.0. The van der Waals surface area contributed by atoms with Crippen molar-refractivity contribution < 1.29 is 4.42 Å². The van der Waals surface area contributed by atoms with Crippen LogP contribution >= 0.6 is 0 Å². The van der Waals surface area contributed by atoms with Gasteiger partial charge in [0.1, 0.15) is 5.58 Å². The highest BCUT2D eigenvalue weighted by molar-refractivity contribution is 6.22. The molecule has 5 rings (SSSR count). The van der Waals surface area contributed by atoms with Crippen molar-refractivity contribution in [1.29, 1.82) is 0 Å². The second-order valence-electron chi connectivity index (χ2n) is 7.95. The van der Waals surface area contributed by atoms with Crippen LogP contribution in [0.1, 0.15) is 26.3 Å². The monoisotopic (exact) mass is 327 g/mol. The van der Waals surface area contributed by atoms with Crippen molar-refractivity contribution in [3.05, 3.63) is 60.2 Å². The lowest BCUT2D eigenvalue weighted by molar-refractivity contribution is 0.595. The van der Waals surface area contributed by atoms with Gasteiger partial charge >= 0.3 is 0 Å². The third-order valence-corrected chi connectivity index (χ3v) is 5.32. The molecule has 2 heterocycles. The molecule has 0 spiro atoms. The van der Waals surface area contributed by atoms with Gasteiger partial charge in [0.15, 0.2) is 5.58 Å². The van der Waals surface area contributed by atoms with Gasteiger partial charge in [-0.05, 0) is 29.2 Å². The predicted molar refractivity (Wildman–Crippen MR) is 106 cm³/mol. The number of benzene rings is 3. The van der Waals surface area contributed by atoms with Crippen molar-refractivity contribution in [1.82, 2.24) is 4.57 Å². The van der Waals surface area contributed by atoms with Gasteiger partial charge in [-0.3, -0.25) is 0 Å². The van der Waals surface area contributed by atoms with Gasteiger partial charge in [-0.25, -0.2) is 0 Å². The summed E-state index contributed by atoms with van der Waals surface area (Å²) in [7, 11) is 2.13. The van der Waals surface area contributed by atoms with Crippen LogP contribution in [0.25, 0.3) is 43.7 Å². The molecule has 0 aliphatic carbocycles. The zero-order chi connectivity index (χ0) is 17.3. The van der Waals surface area contributed by atoms with Crippen molar-refractivity contribution in [3.8, 4) is 0 Å². The molecule has 0 bridgehead atoms. The molecule has 0 N–H and O–H groups in total. The summed E-state index contributed by atoms with van der Waals surface area (Å²) in [6.07, 6.45) is 0. The number of rotatable bonds is 0. The van der Waals surface area contributed by atoms with Gasteiger partial charge in [0.25, 0.3) is 0 Å². The lowest BCUT2D eigenvalue weighted by atomic mass is 9.83. The zero-order valence-electron chi connectivity index (χ0n) is 15.1. The average Bonchev–Trinajstić information content (AvgIpc) is 3.10. The third kappa shape index (κ3) is 1.85. The number of nitrogens with zero attached hydrogens (tertiary/aromatic N) is 1. The fraction of sp³-hybridized carbons (Fsp3) is 0.217. The minimum Gasteiger partial charge on any atom is -0.454 e. The molecule has 0 aliphatic rings. The quantitative estimate of drug-likeness (QED) is 0.316. The Morgan fingerprint density at radius 3 is 2.28 bits per heavy atom. The van der Waals surface area contributed by atoms with Crippen LogP contribution in [0, 0.1) is 0 Å². The van der Waals surface area contributed by atoms with Gasteiger partial charge in [0, 0.05) is 34.1 Å². The highest BCUT2D eigenvalue weighted by Crippen LogP contribution is 2.43. The number of para-hydroxylation sites is 2. The lowest BCUT2D eigenvalue weighted by Gasteiger charge is -2.20. The van der Waals surface area contributed by atoms with Gasteiger partial charge in [0.2, 0.25) is 0 Å². The van der Waals surface area contributed by atoms with E-state index in [1.807, 2.05) is 6.07 Å². The standard InChI is InChI=1S/C23H21NO/c1-23(2,3)17-13-16-14-9-5-7-11-18(14)24(4)21(16)22-20(17)15-10-6-8-12-19(15)25-22/h5-13H,1-4H3. The molecular formula is C23H21NO. The average molecular weight is 327 g/mol. The Bertz CT molecular complexity index is 1280. The molecule has 0 radical (unpaired) electrons. The maximum absolute atomic E-state index is 6.39. The zero-order valence-corrected chi connectivity index (χ0v) is 15.1. The number of aromatic nitrogens is 1. The Hall–Kier alpha value is -2.74. The van der Waals surface area contributed by atoms with Crippen molar-refractivity contribution in [2.75, 3.05) is 0 Å². The molecule has 0 unspecified atom stereocenters. The van der Waals surface area contributed by atoms with E-state index in [0.717, 1.165) is 11.2 Å². The molecule has 25 heavy (non-hydrogen) atoms. The topological polar surface area (TPSA) is 18.1 Å². The summed E-state index contributed by atoms with van der Waals surface area (Å²) in [6, 6.07) is 19.3. The second-order valence-corrected chi connectivity index (χ2v) is 7.95.